The van der Waals surface area contributed by atoms with Gasteiger partial charge in [0.2, 0.25) is 6.29 Å². The summed E-state index contributed by atoms with van der Waals surface area (Å²) in [5.41, 5.74) is 1.15. The van der Waals surface area contributed by atoms with E-state index in [0.717, 1.165) is 18.4 Å². The Balaban J connectivity index is 2.69. The summed E-state index contributed by atoms with van der Waals surface area (Å²) in [6.07, 6.45) is 19.7. The van der Waals surface area contributed by atoms with Gasteiger partial charge in [0.05, 0.1) is 0 Å². The maximum atomic E-state index is 11.6. The third-order valence-electron chi connectivity index (χ3n) is 6.71. The van der Waals surface area contributed by atoms with Gasteiger partial charge in [0.25, 0.3) is 0 Å². The molecule has 0 radical (unpaired) electrons. The number of esters is 1. The molecular weight excluding hydrogens is 416 g/mol. The van der Waals surface area contributed by atoms with Gasteiger partial charge in [-0.1, -0.05) is 89.3 Å². The minimum absolute atomic E-state index is 0.0480. The van der Waals surface area contributed by atoms with Crippen LogP contribution in [0.1, 0.15) is 86.0 Å². The number of carbonyl (C=O) groups is 2. The van der Waals surface area contributed by atoms with Crippen molar-refractivity contribution in [2.24, 2.45) is 5.92 Å². The SMILES string of the molecule is CCCCCCC/C=C/C=C(C)/C=C/[C@H]1C[C@H](O[Si](C)(C)C(C)(C)C)C[C@@H]1OC(=O)C=O. The highest BCUT2D eigenvalue weighted by atomic mass is 28.4. The first-order valence-electron chi connectivity index (χ1n) is 12.4. The Bertz CT molecular complexity index is 670. The molecule has 0 aromatic carbocycles. The fourth-order valence-electron chi connectivity index (χ4n) is 3.70. The molecular formula is C27H46O4Si. The van der Waals surface area contributed by atoms with E-state index in [1.807, 2.05) is 0 Å². The Morgan fingerprint density at radius 3 is 2.41 bits per heavy atom. The van der Waals surface area contributed by atoms with Crippen LogP contribution >= 0.6 is 0 Å². The van der Waals surface area contributed by atoms with Crippen LogP contribution in [0.3, 0.4) is 0 Å². The van der Waals surface area contributed by atoms with Crippen LogP contribution < -0.4 is 0 Å². The largest absolute Gasteiger partial charge is 0.456 e. The van der Waals surface area contributed by atoms with E-state index in [0.29, 0.717) is 6.42 Å². The van der Waals surface area contributed by atoms with Crippen LogP contribution in [-0.4, -0.2) is 32.8 Å². The standard InChI is InChI=1S/C27H46O4Si/c1-8-9-10-11-12-13-14-15-16-22(2)17-18-23-19-24(20-25(23)30-26(29)21-28)31-32(6,7)27(3,4)5/h14-18,21,23-25H,8-13,19-20H2,1-7H3/b15-14+,18-17+,22-16+/t23-,24-,25-/m0/s1. The predicted octanol–water partition coefficient (Wildman–Crippen LogP) is 7.32. The topological polar surface area (TPSA) is 52.6 Å². The quantitative estimate of drug-likeness (QED) is 0.0718. The van der Waals surface area contributed by atoms with Crippen LogP contribution in [-0.2, 0) is 18.8 Å². The zero-order valence-electron chi connectivity index (χ0n) is 21.5. The van der Waals surface area contributed by atoms with Gasteiger partial charge in [0.15, 0.2) is 8.32 Å². The van der Waals surface area contributed by atoms with Gasteiger partial charge in [-0.25, -0.2) is 4.79 Å². The zero-order valence-corrected chi connectivity index (χ0v) is 22.5. The third-order valence-corrected chi connectivity index (χ3v) is 11.2. The van der Waals surface area contributed by atoms with Crippen molar-refractivity contribution in [3.05, 3.63) is 36.0 Å². The number of aldehydes is 1. The van der Waals surface area contributed by atoms with Crippen molar-refractivity contribution in [2.45, 2.75) is 116 Å². The van der Waals surface area contributed by atoms with E-state index < -0.39 is 14.3 Å². The number of allylic oxidation sites excluding steroid dienone is 5. The fraction of sp³-hybridized carbons (Fsp3) is 0.704. The van der Waals surface area contributed by atoms with Crippen LogP contribution in [0.5, 0.6) is 0 Å². The first-order chi connectivity index (χ1) is 15.0. The molecule has 5 heteroatoms. The minimum Gasteiger partial charge on any atom is -0.456 e. The van der Waals surface area contributed by atoms with Crippen LogP contribution in [0, 0.1) is 5.92 Å². The highest BCUT2D eigenvalue weighted by molar-refractivity contribution is 6.74. The number of ether oxygens (including phenoxy) is 1. The Morgan fingerprint density at radius 2 is 1.78 bits per heavy atom. The Labute approximate surface area is 197 Å². The average Bonchev–Trinajstić information content (AvgIpc) is 3.07. The van der Waals surface area contributed by atoms with Gasteiger partial charge in [0.1, 0.15) is 6.10 Å². The van der Waals surface area contributed by atoms with Crippen molar-refractivity contribution >= 4 is 20.6 Å². The second-order valence-corrected chi connectivity index (χ2v) is 15.4. The zero-order chi connectivity index (χ0) is 24.2. The summed E-state index contributed by atoms with van der Waals surface area (Å²) in [5, 5.41) is 0.123. The van der Waals surface area contributed by atoms with Crippen molar-refractivity contribution in [2.75, 3.05) is 0 Å². The molecule has 1 saturated carbocycles. The lowest BCUT2D eigenvalue weighted by atomic mass is 10.0. The fourth-order valence-corrected chi connectivity index (χ4v) is 5.08. The number of unbranched alkanes of at least 4 members (excludes halogenated alkanes) is 5. The molecule has 0 unspecified atom stereocenters. The first kappa shape index (κ1) is 28.6. The summed E-state index contributed by atoms with van der Waals surface area (Å²) in [5.74, 6) is -0.741. The number of rotatable bonds is 13. The highest BCUT2D eigenvalue weighted by Gasteiger charge is 2.43. The molecule has 1 aliphatic rings. The molecule has 0 amide bonds. The molecule has 1 aliphatic carbocycles. The monoisotopic (exact) mass is 462 g/mol. The molecule has 0 aromatic heterocycles. The van der Waals surface area contributed by atoms with Gasteiger partial charge in [-0.05, 0) is 44.3 Å². The number of hydrogen-bond acceptors (Lipinski definition) is 4. The summed E-state index contributed by atoms with van der Waals surface area (Å²) in [6.45, 7) is 15.5. The van der Waals surface area contributed by atoms with Gasteiger partial charge in [-0.3, -0.25) is 4.79 Å². The second-order valence-electron chi connectivity index (χ2n) is 10.6. The van der Waals surface area contributed by atoms with E-state index in [2.05, 4.69) is 78.1 Å². The van der Waals surface area contributed by atoms with Crippen LogP contribution in [0.4, 0.5) is 0 Å². The summed E-state index contributed by atoms with van der Waals surface area (Å²) < 4.78 is 12.0. The van der Waals surface area contributed by atoms with Gasteiger partial charge in [-0.2, -0.15) is 0 Å². The maximum absolute atomic E-state index is 11.6. The molecule has 4 nitrogen and oxygen atoms in total. The van der Waals surface area contributed by atoms with E-state index in [1.54, 1.807) is 0 Å². The predicted molar refractivity (Wildman–Crippen MR) is 136 cm³/mol. The normalized spacial score (nSPS) is 22.7. The molecule has 3 atom stereocenters. The summed E-state index contributed by atoms with van der Waals surface area (Å²) in [6, 6.07) is 0. The third kappa shape index (κ3) is 10.4. The van der Waals surface area contributed by atoms with Crippen LogP contribution in [0.2, 0.25) is 18.1 Å². The van der Waals surface area contributed by atoms with E-state index in [1.165, 1.54) is 32.1 Å². The van der Waals surface area contributed by atoms with E-state index in [4.69, 9.17) is 9.16 Å². The first-order valence-corrected chi connectivity index (χ1v) is 15.3. The van der Waals surface area contributed by atoms with E-state index in [9.17, 15) is 9.59 Å². The van der Waals surface area contributed by atoms with E-state index >= 15 is 0 Å². The Morgan fingerprint density at radius 1 is 1.09 bits per heavy atom. The molecule has 0 bridgehead atoms. The molecule has 1 rings (SSSR count). The second kappa shape index (κ2) is 13.9. The van der Waals surface area contributed by atoms with Crippen LogP contribution in [0.15, 0.2) is 36.0 Å². The Kier molecular flexibility index (Phi) is 12.4. The smallest absolute Gasteiger partial charge is 0.371 e. The Hall–Kier alpha value is -1.46. The molecule has 182 valence electrons. The van der Waals surface area contributed by atoms with Gasteiger partial charge in [-0.15, -0.1) is 0 Å². The van der Waals surface area contributed by atoms with Crippen molar-refractivity contribution in [1.82, 2.24) is 0 Å². The highest BCUT2D eigenvalue weighted by Crippen LogP contribution is 2.41. The number of carbonyl (C=O) groups excluding carboxylic acids is 2. The van der Waals surface area contributed by atoms with Crippen molar-refractivity contribution in [3.63, 3.8) is 0 Å². The van der Waals surface area contributed by atoms with Gasteiger partial charge >= 0.3 is 5.97 Å². The van der Waals surface area contributed by atoms with Crippen molar-refractivity contribution in [1.29, 1.82) is 0 Å². The van der Waals surface area contributed by atoms with Crippen molar-refractivity contribution < 1.29 is 18.8 Å². The van der Waals surface area contributed by atoms with Crippen molar-refractivity contribution in [3.8, 4) is 0 Å². The molecule has 1 fully saturated rings. The summed E-state index contributed by atoms with van der Waals surface area (Å²) in [4.78, 5) is 22.4. The molecule has 0 saturated heterocycles. The molecule has 32 heavy (non-hydrogen) atoms. The molecule has 0 N–H and O–H groups in total. The minimum atomic E-state index is -1.91. The van der Waals surface area contributed by atoms with E-state index in [-0.39, 0.29) is 29.5 Å². The molecule has 0 aliphatic heterocycles. The lowest BCUT2D eigenvalue weighted by molar-refractivity contribution is -0.154. The molecule has 0 spiro atoms. The molecule has 0 aromatic rings. The maximum Gasteiger partial charge on any atom is 0.371 e. The van der Waals surface area contributed by atoms with Gasteiger partial charge < -0.3 is 9.16 Å². The summed E-state index contributed by atoms with van der Waals surface area (Å²) in [7, 11) is -1.91. The average molecular weight is 463 g/mol. The van der Waals surface area contributed by atoms with Crippen LogP contribution in [0.25, 0.3) is 0 Å². The van der Waals surface area contributed by atoms with Gasteiger partial charge in [0, 0.05) is 18.4 Å². The summed E-state index contributed by atoms with van der Waals surface area (Å²) >= 11 is 0. The molecule has 0 heterocycles. The lowest BCUT2D eigenvalue weighted by Crippen LogP contribution is -2.43. The lowest BCUT2D eigenvalue weighted by Gasteiger charge is -2.38. The number of hydrogen-bond donors (Lipinski definition) is 0.